The summed E-state index contributed by atoms with van der Waals surface area (Å²) in [7, 11) is 0. The molecule has 0 aromatic carbocycles. The van der Waals surface area contributed by atoms with Crippen LogP contribution in [0.25, 0.3) is 0 Å². The molecule has 0 amide bonds. The molecule has 2 heteroatoms. The summed E-state index contributed by atoms with van der Waals surface area (Å²) in [6.45, 7) is 7.02. The summed E-state index contributed by atoms with van der Waals surface area (Å²) in [5.74, 6) is 0.743. The van der Waals surface area contributed by atoms with Gasteiger partial charge in [-0.2, -0.15) is 0 Å². The van der Waals surface area contributed by atoms with Crippen LogP contribution in [0.2, 0.25) is 0 Å². The van der Waals surface area contributed by atoms with Gasteiger partial charge in [-0.1, -0.05) is 12.2 Å². The maximum Gasteiger partial charge on any atom is 0.0692 e. The van der Waals surface area contributed by atoms with Crippen molar-refractivity contribution in [3.05, 3.63) is 12.2 Å². The summed E-state index contributed by atoms with van der Waals surface area (Å²) in [5, 5.41) is 10.4. The summed E-state index contributed by atoms with van der Waals surface area (Å²) < 4.78 is 6.01. The number of ether oxygens (including phenoxy) is 1. The minimum Gasteiger partial charge on any atom is -0.390 e. The molecule has 1 saturated carbocycles. The Morgan fingerprint density at radius 1 is 1.38 bits per heavy atom. The summed E-state index contributed by atoms with van der Waals surface area (Å²) >= 11 is 0. The van der Waals surface area contributed by atoms with Crippen molar-refractivity contribution in [1.82, 2.24) is 0 Å². The third-order valence-corrected chi connectivity index (χ3v) is 4.52. The average molecular weight is 224 g/mol. The lowest BCUT2D eigenvalue weighted by Gasteiger charge is -2.38. The third kappa shape index (κ3) is 1.93. The Kier molecular flexibility index (Phi) is 3.15. The second-order valence-corrected chi connectivity index (χ2v) is 5.74. The van der Waals surface area contributed by atoms with E-state index in [4.69, 9.17) is 4.74 Å². The van der Waals surface area contributed by atoms with E-state index in [-0.39, 0.29) is 11.5 Å². The van der Waals surface area contributed by atoms with Gasteiger partial charge < -0.3 is 9.84 Å². The van der Waals surface area contributed by atoms with Gasteiger partial charge in [0.25, 0.3) is 0 Å². The van der Waals surface area contributed by atoms with Crippen molar-refractivity contribution in [3.63, 3.8) is 0 Å². The molecule has 4 atom stereocenters. The van der Waals surface area contributed by atoms with Crippen LogP contribution in [0.1, 0.15) is 46.5 Å². The van der Waals surface area contributed by atoms with E-state index in [1.165, 1.54) is 0 Å². The second kappa shape index (κ2) is 4.15. The highest BCUT2D eigenvalue weighted by Gasteiger charge is 2.51. The largest absolute Gasteiger partial charge is 0.390 e. The van der Waals surface area contributed by atoms with E-state index in [0.29, 0.717) is 5.92 Å². The van der Waals surface area contributed by atoms with Crippen molar-refractivity contribution in [1.29, 1.82) is 0 Å². The molecular formula is C14H24O2. The third-order valence-electron chi connectivity index (χ3n) is 4.52. The molecule has 2 aliphatic carbocycles. The first-order valence-electron chi connectivity index (χ1n) is 6.52. The zero-order valence-electron chi connectivity index (χ0n) is 10.7. The van der Waals surface area contributed by atoms with E-state index in [9.17, 15) is 5.11 Å². The number of fused-ring (bicyclic) bond motifs is 1. The van der Waals surface area contributed by atoms with Crippen LogP contribution in [0.3, 0.4) is 0 Å². The predicted molar refractivity (Wildman–Crippen MR) is 65.2 cm³/mol. The van der Waals surface area contributed by atoms with Gasteiger partial charge >= 0.3 is 0 Å². The molecule has 1 N–H and O–H groups in total. The Morgan fingerprint density at radius 2 is 2.12 bits per heavy atom. The van der Waals surface area contributed by atoms with Crippen LogP contribution in [0.15, 0.2) is 12.2 Å². The van der Waals surface area contributed by atoms with E-state index < -0.39 is 5.60 Å². The summed E-state index contributed by atoms with van der Waals surface area (Å²) in [4.78, 5) is 0. The molecule has 0 bridgehead atoms. The highest BCUT2D eigenvalue weighted by molar-refractivity contribution is 5.12. The standard InChI is InChI=1S/C14H24O2/c1-4-16-14(3)9-6-5-7-11-12(14)8-10-13(11,2)15/h5,7,11-12,15H,4,6,8-10H2,1-3H3/t11-,12+,13-,14+/m1/s1. The number of hydrogen-bond acceptors (Lipinski definition) is 2. The normalized spacial score (nSPS) is 47.8. The van der Waals surface area contributed by atoms with Gasteiger partial charge in [0.15, 0.2) is 0 Å². The molecule has 0 aromatic rings. The minimum atomic E-state index is -0.538. The number of rotatable bonds is 2. The lowest BCUT2D eigenvalue weighted by Crippen LogP contribution is -2.42. The van der Waals surface area contributed by atoms with Crippen LogP contribution in [-0.4, -0.2) is 22.9 Å². The van der Waals surface area contributed by atoms with E-state index in [1.54, 1.807) is 0 Å². The fraction of sp³-hybridized carbons (Fsp3) is 0.857. The van der Waals surface area contributed by atoms with Crippen molar-refractivity contribution in [2.75, 3.05) is 6.61 Å². The summed E-state index contributed by atoms with van der Waals surface area (Å²) in [6, 6.07) is 0. The lowest BCUT2D eigenvalue weighted by molar-refractivity contribution is -0.0904. The van der Waals surface area contributed by atoms with E-state index in [1.807, 2.05) is 6.92 Å². The van der Waals surface area contributed by atoms with Crippen LogP contribution < -0.4 is 0 Å². The van der Waals surface area contributed by atoms with Crippen LogP contribution in [0.4, 0.5) is 0 Å². The number of aliphatic hydroxyl groups is 1. The quantitative estimate of drug-likeness (QED) is 0.731. The maximum atomic E-state index is 10.4. The molecule has 0 unspecified atom stereocenters. The molecule has 0 saturated heterocycles. The molecule has 0 radical (unpaired) electrons. The van der Waals surface area contributed by atoms with Gasteiger partial charge in [0.2, 0.25) is 0 Å². The van der Waals surface area contributed by atoms with Crippen molar-refractivity contribution in [2.24, 2.45) is 11.8 Å². The molecule has 0 aliphatic heterocycles. The number of hydrogen-bond donors (Lipinski definition) is 1. The Hall–Kier alpha value is -0.340. The molecule has 0 heterocycles. The lowest BCUT2D eigenvalue weighted by atomic mass is 9.77. The van der Waals surface area contributed by atoms with E-state index in [0.717, 1.165) is 32.3 Å². The van der Waals surface area contributed by atoms with Gasteiger partial charge in [-0.15, -0.1) is 0 Å². The molecule has 0 aromatic heterocycles. The highest BCUT2D eigenvalue weighted by atomic mass is 16.5. The first-order valence-corrected chi connectivity index (χ1v) is 6.52. The fourth-order valence-corrected chi connectivity index (χ4v) is 3.56. The van der Waals surface area contributed by atoms with Gasteiger partial charge in [-0.3, -0.25) is 0 Å². The molecule has 0 spiro atoms. The van der Waals surface area contributed by atoms with Gasteiger partial charge in [-0.05, 0) is 52.4 Å². The van der Waals surface area contributed by atoms with Crippen molar-refractivity contribution >= 4 is 0 Å². The van der Waals surface area contributed by atoms with Gasteiger partial charge in [-0.25, -0.2) is 0 Å². The molecule has 2 aliphatic rings. The fourth-order valence-electron chi connectivity index (χ4n) is 3.56. The Bertz CT molecular complexity index is 282. The Morgan fingerprint density at radius 3 is 2.81 bits per heavy atom. The van der Waals surface area contributed by atoms with Crippen LogP contribution >= 0.6 is 0 Å². The SMILES string of the molecule is CCO[C@@]1(C)CCC=C[C@@H]2[C@@H]1CC[C@@]2(C)O. The van der Waals surface area contributed by atoms with Crippen LogP contribution in [0, 0.1) is 11.8 Å². The van der Waals surface area contributed by atoms with Crippen LogP contribution in [0.5, 0.6) is 0 Å². The monoisotopic (exact) mass is 224 g/mol. The number of allylic oxidation sites excluding steroid dienone is 1. The summed E-state index contributed by atoms with van der Waals surface area (Å²) in [6.07, 6.45) is 8.58. The van der Waals surface area contributed by atoms with E-state index >= 15 is 0 Å². The van der Waals surface area contributed by atoms with E-state index in [2.05, 4.69) is 26.0 Å². The Labute approximate surface area is 98.7 Å². The Balaban J connectivity index is 2.26. The first kappa shape index (κ1) is 12.1. The molecule has 2 nitrogen and oxygen atoms in total. The summed E-state index contributed by atoms with van der Waals surface area (Å²) in [5.41, 5.74) is -0.590. The van der Waals surface area contributed by atoms with Gasteiger partial charge in [0.1, 0.15) is 0 Å². The maximum absolute atomic E-state index is 10.4. The van der Waals surface area contributed by atoms with Crippen molar-refractivity contribution < 1.29 is 9.84 Å². The molecule has 1 fully saturated rings. The van der Waals surface area contributed by atoms with Crippen molar-refractivity contribution in [3.8, 4) is 0 Å². The first-order chi connectivity index (χ1) is 7.49. The minimum absolute atomic E-state index is 0.0522. The smallest absolute Gasteiger partial charge is 0.0692 e. The topological polar surface area (TPSA) is 29.5 Å². The van der Waals surface area contributed by atoms with Crippen LogP contribution in [-0.2, 0) is 4.74 Å². The van der Waals surface area contributed by atoms with Gasteiger partial charge in [0.05, 0.1) is 11.2 Å². The zero-order chi connectivity index (χ0) is 11.8. The molecule has 16 heavy (non-hydrogen) atoms. The average Bonchev–Trinajstić information content (AvgIpc) is 2.40. The molecular weight excluding hydrogens is 200 g/mol. The van der Waals surface area contributed by atoms with Crippen molar-refractivity contribution in [2.45, 2.75) is 57.7 Å². The predicted octanol–water partition coefficient (Wildman–Crippen LogP) is 2.91. The second-order valence-electron chi connectivity index (χ2n) is 5.74. The molecule has 2 rings (SSSR count). The van der Waals surface area contributed by atoms with Gasteiger partial charge in [0, 0.05) is 12.5 Å². The zero-order valence-corrected chi connectivity index (χ0v) is 10.7. The molecule has 92 valence electrons. The highest BCUT2D eigenvalue weighted by Crippen LogP contribution is 2.50.